The van der Waals surface area contributed by atoms with Crippen molar-refractivity contribution in [1.82, 2.24) is 0 Å². The van der Waals surface area contributed by atoms with E-state index in [2.05, 4.69) is 5.32 Å². The van der Waals surface area contributed by atoms with Crippen LogP contribution in [-0.4, -0.2) is 32.7 Å². The molecule has 7 nitrogen and oxygen atoms in total. The number of amides is 1. The number of benzene rings is 2. The lowest BCUT2D eigenvalue weighted by Gasteiger charge is -2.14. The molecule has 0 aliphatic rings. The van der Waals surface area contributed by atoms with Crippen molar-refractivity contribution in [3.8, 4) is 0 Å². The second-order valence-corrected chi connectivity index (χ2v) is 7.78. The number of carbonyl (C=O) groups is 2. The number of primary sulfonamides is 1. The quantitative estimate of drug-likeness (QED) is 0.573. The van der Waals surface area contributed by atoms with Crippen LogP contribution in [0.4, 0.5) is 5.69 Å². The van der Waals surface area contributed by atoms with E-state index in [4.69, 9.17) is 9.88 Å². The zero-order chi connectivity index (χ0) is 19.3. The van der Waals surface area contributed by atoms with Gasteiger partial charge in [0, 0.05) is 10.6 Å². The highest BCUT2D eigenvalue weighted by Crippen LogP contribution is 2.16. The average Bonchev–Trinajstić information content (AvgIpc) is 2.61. The molecule has 1 amide bonds. The molecule has 0 spiro atoms. The number of carbonyl (C=O) groups excluding carboxylic acids is 2. The van der Waals surface area contributed by atoms with E-state index in [-0.39, 0.29) is 4.90 Å². The smallest absolute Gasteiger partial charge is 0.338 e. The summed E-state index contributed by atoms with van der Waals surface area (Å²) in [6.45, 7) is 1.45. The maximum atomic E-state index is 12.1. The Morgan fingerprint density at radius 3 is 2.15 bits per heavy atom. The van der Waals surface area contributed by atoms with Crippen LogP contribution in [-0.2, 0) is 19.6 Å². The minimum absolute atomic E-state index is 0.0661. The summed E-state index contributed by atoms with van der Waals surface area (Å²) in [6, 6.07) is 12.2. The molecule has 2 rings (SSSR count). The molecular weight excluding hydrogens is 376 g/mol. The van der Waals surface area contributed by atoms with E-state index in [0.717, 1.165) is 4.90 Å². The van der Waals surface area contributed by atoms with Crippen LogP contribution in [0.25, 0.3) is 0 Å². The molecule has 26 heavy (non-hydrogen) atoms. The molecule has 3 N–H and O–H groups in total. The third-order valence-electron chi connectivity index (χ3n) is 3.43. The molecular formula is C17H18N2O5S2. The standard InChI is InChI=1S/C17H18N2O5S2/c1-11(24-17(21)12-3-7-14(25-2)8-4-12)16(20)19-13-5-9-15(10-6-13)26(18,22)23/h3-11H,1-2H3,(H,19,20)(H2,18,22,23)/t11-/m1/s1. The Morgan fingerprint density at radius 1 is 1.08 bits per heavy atom. The van der Waals surface area contributed by atoms with Crippen LogP contribution in [0, 0.1) is 0 Å². The summed E-state index contributed by atoms with van der Waals surface area (Å²) in [7, 11) is -3.80. The molecule has 0 aliphatic carbocycles. The number of ether oxygens (including phenoxy) is 1. The predicted octanol–water partition coefficient (Wildman–Crippen LogP) is 2.24. The molecule has 0 fully saturated rings. The molecule has 1 atom stereocenters. The molecule has 138 valence electrons. The van der Waals surface area contributed by atoms with Crippen molar-refractivity contribution in [1.29, 1.82) is 0 Å². The number of hydrogen-bond acceptors (Lipinski definition) is 6. The molecule has 0 saturated carbocycles. The van der Waals surface area contributed by atoms with Gasteiger partial charge in [-0.3, -0.25) is 4.79 Å². The van der Waals surface area contributed by atoms with Gasteiger partial charge in [0.1, 0.15) is 0 Å². The maximum absolute atomic E-state index is 12.1. The first kappa shape index (κ1) is 20.0. The Kier molecular flexibility index (Phi) is 6.41. The van der Waals surface area contributed by atoms with Gasteiger partial charge in [0.15, 0.2) is 6.10 Å². The summed E-state index contributed by atoms with van der Waals surface area (Å²) < 4.78 is 27.6. The zero-order valence-corrected chi connectivity index (χ0v) is 15.8. The molecule has 9 heteroatoms. The van der Waals surface area contributed by atoms with Crippen LogP contribution in [0.5, 0.6) is 0 Å². The van der Waals surface area contributed by atoms with Gasteiger partial charge in [-0.25, -0.2) is 18.4 Å². The van der Waals surface area contributed by atoms with E-state index in [1.54, 1.807) is 36.0 Å². The number of nitrogens with two attached hydrogens (primary N) is 1. The van der Waals surface area contributed by atoms with E-state index < -0.39 is 28.0 Å². The Morgan fingerprint density at radius 2 is 1.65 bits per heavy atom. The highest BCUT2D eigenvalue weighted by atomic mass is 32.2. The molecule has 0 radical (unpaired) electrons. The highest BCUT2D eigenvalue weighted by molar-refractivity contribution is 7.98. The Balaban J connectivity index is 1.97. The summed E-state index contributed by atoms with van der Waals surface area (Å²) >= 11 is 1.55. The predicted molar refractivity (Wildman–Crippen MR) is 99.5 cm³/mol. The van der Waals surface area contributed by atoms with Crippen molar-refractivity contribution < 1.29 is 22.7 Å². The topological polar surface area (TPSA) is 116 Å². The van der Waals surface area contributed by atoms with Crippen molar-refractivity contribution in [2.45, 2.75) is 22.8 Å². The first-order valence-electron chi connectivity index (χ1n) is 7.49. The Hall–Kier alpha value is -2.36. The number of thioether (sulfide) groups is 1. The highest BCUT2D eigenvalue weighted by Gasteiger charge is 2.19. The van der Waals surface area contributed by atoms with E-state index in [9.17, 15) is 18.0 Å². The van der Waals surface area contributed by atoms with Gasteiger partial charge < -0.3 is 10.1 Å². The summed E-state index contributed by atoms with van der Waals surface area (Å²) in [6.07, 6.45) is 0.899. The monoisotopic (exact) mass is 394 g/mol. The van der Waals surface area contributed by atoms with Gasteiger partial charge in [-0.2, -0.15) is 0 Å². The minimum Gasteiger partial charge on any atom is -0.449 e. The van der Waals surface area contributed by atoms with Crippen molar-refractivity contribution >= 4 is 39.3 Å². The van der Waals surface area contributed by atoms with Crippen molar-refractivity contribution in [3.63, 3.8) is 0 Å². The van der Waals surface area contributed by atoms with Crippen LogP contribution in [0.2, 0.25) is 0 Å². The van der Waals surface area contributed by atoms with Gasteiger partial charge in [0.25, 0.3) is 5.91 Å². The number of rotatable bonds is 6. The largest absolute Gasteiger partial charge is 0.449 e. The fourth-order valence-electron chi connectivity index (χ4n) is 1.98. The van der Waals surface area contributed by atoms with E-state index in [0.29, 0.717) is 11.3 Å². The maximum Gasteiger partial charge on any atom is 0.338 e. The Labute approximate surface area is 156 Å². The molecule has 0 aromatic heterocycles. The lowest BCUT2D eigenvalue weighted by molar-refractivity contribution is -0.123. The number of sulfonamides is 1. The molecule has 0 bridgehead atoms. The van der Waals surface area contributed by atoms with E-state index in [1.807, 2.05) is 6.26 Å². The summed E-state index contributed by atoms with van der Waals surface area (Å²) in [5.74, 6) is -1.15. The van der Waals surface area contributed by atoms with Crippen LogP contribution in [0.1, 0.15) is 17.3 Å². The third kappa shape index (κ3) is 5.32. The lowest BCUT2D eigenvalue weighted by atomic mass is 10.2. The molecule has 0 aliphatic heterocycles. The number of esters is 1. The molecule has 0 unspecified atom stereocenters. The van der Waals surface area contributed by atoms with Gasteiger partial charge in [0.05, 0.1) is 10.5 Å². The first-order valence-corrected chi connectivity index (χ1v) is 10.3. The van der Waals surface area contributed by atoms with Crippen LogP contribution in [0.3, 0.4) is 0 Å². The zero-order valence-electron chi connectivity index (χ0n) is 14.1. The molecule has 2 aromatic carbocycles. The summed E-state index contributed by atoms with van der Waals surface area (Å²) in [4.78, 5) is 25.1. The minimum atomic E-state index is -3.80. The van der Waals surface area contributed by atoms with Gasteiger partial charge in [-0.05, 0) is 61.7 Å². The van der Waals surface area contributed by atoms with Crippen LogP contribution in [0.15, 0.2) is 58.3 Å². The van der Waals surface area contributed by atoms with Gasteiger partial charge in [0.2, 0.25) is 10.0 Å². The van der Waals surface area contributed by atoms with E-state index >= 15 is 0 Å². The normalized spacial score (nSPS) is 12.3. The van der Waals surface area contributed by atoms with Gasteiger partial charge in [-0.15, -0.1) is 11.8 Å². The van der Waals surface area contributed by atoms with Crippen molar-refractivity contribution in [2.24, 2.45) is 5.14 Å². The fourth-order valence-corrected chi connectivity index (χ4v) is 2.90. The van der Waals surface area contributed by atoms with Crippen LogP contribution < -0.4 is 10.5 Å². The average molecular weight is 394 g/mol. The second kappa shape index (κ2) is 8.35. The number of hydrogen-bond donors (Lipinski definition) is 2. The van der Waals surface area contributed by atoms with Crippen LogP contribution >= 0.6 is 11.8 Å². The van der Waals surface area contributed by atoms with E-state index in [1.165, 1.54) is 31.2 Å². The molecule has 2 aromatic rings. The van der Waals surface area contributed by atoms with Gasteiger partial charge >= 0.3 is 5.97 Å². The number of anilines is 1. The number of nitrogens with one attached hydrogen (secondary N) is 1. The fraction of sp³-hybridized carbons (Fsp3) is 0.176. The van der Waals surface area contributed by atoms with Crippen molar-refractivity contribution in [3.05, 3.63) is 54.1 Å². The summed E-state index contributed by atoms with van der Waals surface area (Å²) in [5, 5.41) is 7.55. The first-order chi connectivity index (χ1) is 12.2. The Bertz CT molecular complexity index is 894. The lowest BCUT2D eigenvalue weighted by Crippen LogP contribution is -2.30. The van der Waals surface area contributed by atoms with Crippen molar-refractivity contribution in [2.75, 3.05) is 11.6 Å². The SMILES string of the molecule is CSc1ccc(C(=O)O[C@H](C)C(=O)Nc2ccc(S(N)(=O)=O)cc2)cc1. The summed E-state index contributed by atoms with van der Waals surface area (Å²) in [5.41, 5.74) is 0.703. The third-order valence-corrected chi connectivity index (χ3v) is 5.10. The second-order valence-electron chi connectivity index (χ2n) is 5.33. The van der Waals surface area contributed by atoms with Gasteiger partial charge in [-0.1, -0.05) is 0 Å². The molecule has 0 heterocycles. The molecule has 0 saturated heterocycles.